The van der Waals surface area contributed by atoms with Crippen LogP contribution in [0.4, 0.5) is 0 Å². The number of carbonyl (C=O) groups is 1. The number of nitrogens with zero attached hydrogens (tertiary/aromatic N) is 1. The lowest BCUT2D eigenvalue weighted by molar-refractivity contribution is -0.137. The Morgan fingerprint density at radius 2 is 1.39 bits per heavy atom. The standard InChI is InChI=1S/C24H25Cl2NO3S/c25-19-12-8-17(9-13-19)22-23(18-10-14-20(26)15-11-18)30-24(27-22)31-16-6-4-2-1-3-5-7-21(28)29/h8-15H,1-7,16H2,(H,28,29). The molecular weight excluding hydrogens is 453 g/mol. The summed E-state index contributed by atoms with van der Waals surface area (Å²) in [5.74, 6) is 0.939. The lowest BCUT2D eigenvalue weighted by atomic mass is 10.1. The van der Waals surface area contributed by atoms with Crippen molar-refractivity contribution in [2.75, 3.05) is 5.75 Å². The van der Waals surface area contributed by atoms with Crippen LogP contribution in [0, 0.1) is 0 Å². The summed E-state index contributed by atoms with van der Waals surface area (Å²) in [5.41, 5.74) is 2.67. The second-order valence-corrected chi connectivity index (χ2v) is 9.20. The Labute approximate surface area is 197 Å². The third kappa shape index (κ3) is 7.60. The summed E-state index contributed by atoms with van der Waals surface area (Å²) in [4.78, 5) is 15.3. The molecule has 0 unspecified atom stereocenters. The number of aromatic nitrogens is 1. The molecule has 0 saturated carbocycles. The first-order valence-corrected chi connectivity index (χ1v) is 12.1. The van der Waals surface area contributed by atoms with Crippen LogP contribution in [0.2, 0.25) is 10.0 Å². The van der Waals surface area contributed by atoms with E-state index in [0.29, 0.717) is 15.3 Å². The van der Waals surface area contributed by atoms with Gasteiger partial charge in [-0.1, -0.05) is 72.8 Å². The highest BCUT2D eigenvalue weighted by Gasteiger charge is 2.17. The molecular formula is C24H25Cl2NO3S. The van der Waals surface area contributed by atoms with E-state index in [2.05, 4.69) is 0 Å². The molecule has 0 fully saturated rings. The Kier molecular flexibility index (Phi) is 9.31. The van der Waals surface area contributed by atoms with E-state index in [4.69, 9.17) is 37.7 Å². The van der Waals surface area contributed by atoms with Gasteiger partial charge in [-0.15, -0.1) is 0 Å². The molecule has 0 atom stereocenters. The number of benzene rings is 2. The summed E-state index contributed by atoms with van der Waals surface area (Å²) in [6.07, 6.45) is 6.41. The van der Waals surface area contributed by atoms with Crippen LogP contribution in [0.15, 0.2) is 58.2 Å². The zero-order valence-corrected chi connectivity index (χ0v) is 19.5. The van der Waals surface area contributed by atoms with E-state index < -0.39 is 5.97 Å². The van der Waals surface area contributed by atoms with Crippen LogP contribution in [0.1, 0.15) is 44.9 Å². The summed E-state index contributed by atoms with van der Waals surface area (Å²) < 4.78 is 6.13. The predicted molar refractivity (Wildman–Crippen MR) is 128 cm³/mol. The molecule has 7 heteroatoms. The van der Waals surface area contributed by atoms with Crippen LogP contribution in [-0.4, -0.2) is 21.8 Å². The zero-order chi connectivity index (χ0) is 22.1. The van der Waals surface area contributed by atoms with Crippen LogP contribution < -0.4 is 0 Å². The fourth-order valence-electron chi connectivity index (χ4n) is 3.21. The molecule has 0 aliphatic heterocycles. The Balaban J connectivity index is 1.58. The first-order valence-electron chi connectivity index (χ1n) is 10.4. The molecule has 2 aromatic carbocycles. The quantitative estimate of drug-likeness (QED) is 0.210. The maximum Gasteiger partial charge on any atom is 0.303 e. The predicted octanol–water partition coefficient (Wildman–Crippen LogP) is 8.22. The first kappa shape index (κ1) is 23.7. The van der Waals surface area contributed by atoms with Gasteiger partial charge in [0.15, 0.2) is 5.76 Å². The van der Waals surface area contributed by atoms with E-state index in [0.717, 1.165) is 66.9 Å². The van der Waals surface area contributed by atoms with Crippen molar-refractivity contribution in [2.45, 2.75) is 50.2 Å². The lowest BCUT2D eigenvalue weighted by Gasteiger charge is -2.02. The van der Waals surface area contributed by atoms with Crippen LogP contribution in [0.5, 0.6) is 0 Å². The highest BCUT2D eigenvalue weighted by Crippen LogP contribution is 2.36. The Morgan fingerprint density at radius 3 is 2.00 bits per heavy atom. The fraction of sp³-hybridized carbons (Fsp3) is 0.333. The van der Waals surface area contributed by atoms with E-state index in [1.807, 2.05) is 48.5 Å². The number of unbranched alkanes of at least 4 members (excludes halogenated alkanes) is 5. The van der Waals surface area contributed by atoms with Crippen LogP contribution in [-0.2, 0) is 4.79 Å². The van der Waals surface area contributed by atoms with E-state index in [-0.39, 0.29) is 6.42 Å². The molecule has 4 nitrogen and oxygen atoms in total. The molecule has 0 saturated heterocycles. The summed E-state index contributed by atoms with van der Waals surface area (Å²) in [7, 11) is 0. The van der Waals surface area contributed by atoms with E-state index in [1.54, 1.807) is 11.8 Å². The lowest BCUT2D eigenvalue weighted by Crippen LogP contribution is -1.93. The van der Waals surface area contributed by atoms with Gasteiger partial charge in [0.1, 0.15) is 5.69 Å². The van der Waals surface area contributed by atoms with Gasteiger partial charge in [-0.3, -0.25) is 4.79 Å². The second kappa shape index (κ2) is 12.2. The molecule has 0 radical (unpaired) electrons. The van der Waals surface area contributed by atoms with E-state index >= 15 is 0 Å². The highest BCUT2D eigenvalue weighted by molar-refractivity contribution is 7.99. The molecule has 1 aromatic heterocycles. The van der Waals surface area contributed by atoms with Gasteiger partial charge in [0.25, 0.3) is 5.22 Å². The molecule has 0 amide bonds. The van der Waals surface area contributed by atoms with Crippen molar-refractivity contribution in [1.29, 1.82) is 0 Å². The molecule has 0 spiro atoms. The van der Waals surface area contributed by atoms with Crippen LogP contribution in [0.3, 0.4) is 0 Å². The van der Waals surface area contributed by atoms with Gasteiger partial charge in [0.05, 0.1) is 0 Å². The number of oxazole rings is 1. The molecule has 1 N–H and O–H groups in total. The van der Waals surface area contributed by atoms with Gasteiger partial charge >= 0.3 is 5.97 Å². The Morgan fingerprint density at radius 1 is 0.839 bits per heavy atom. The molecule has 164 valence electrons. The van der Waals surface area contributed by atoms with Crippen molar-refractivity contribution >= 4 is 40.9 Å². The van der Waals surface area contributed by atoms with Crippen molar-refractivity contribution in [2.24, 2.45) is 0 Å². The Bertz CT molecular complexity index is 908. The number of carboxylic acids is 1. The normalized spacial score (nSPS) is 11.0. The third-order valence-electron chi connectivity index (χ3n) is 4.84. The molecule has 0 aliphatic carbocycles. The summed E-state index contributed by atoms with van der Waals surface area (Å²) in [6, 6.07) is 15.1. The molecule has 3 aromatic rings. The maximum absolute atomic E-state index is 10.5. The minimum Gasteiger partial charge on any atom is -0.481 e. The van der Waals surface area contributed by atoms with Crippen LogP contribution >= 0.6 is 35.0 Å². The number of hydrogen-bond acceptors (Lipinski definition) is 4. The summed E-state index contributed by atoms with van der Waals surface area (Å²) >= 11 is 13.7. The minimum absolute atomic E-state index is 0.270. The van der Waals surface area contributed by atoms with Gasteiger partial charge in [-0.25, -0.2) is 4.98 Å². The highest BCUT2D eigenvalue weighted by atomic mass is 35.5. The minimum atomic E-state index is -0.710. The van der Waals surface area contributed by atoms with Gasteiger partial charge in [-0.05, 0) is 49.2 Å². The zero-order valence-electron chi connectivity index (χ0n) is 17.2. The van der Waals surface area contributed by atoms with Crippen molar-refractivity contribution in [1.82, 2.24) is 4.98 Å². The molecule has 1 heterocycles. The molecule has 3 rings (SSSR count). The van der Waals surface area contributed by atoms with Crippen LogP contribution in [0.25, 0.3) is 22.6 Å². The number of rotatable bonds is 12. The topological polar surface area (TPSA) is 63.3 Å². The van der Waals surface area contributed by atoms with Gasteiger partial charge in [0, 0.05) is 33.3 Å². The SMILES string of the molecule is O=C(O)CCCCCCCCSc1nc(-c2ccc(Cl)cc2)c(-c2ccc(Cl)cc2)o1. The van der Waals surface area contributed by atoms with Crippen molar-refractivity contribution in [3.8, 4) is 22.6 Å². The number of thioether (sulfide) groups is 1. The second-order valence-electron chi connectivity index (χ2n) is 7.28. The first-order chi connectivity index (χ1) is 15.0. The number of carboxylic acid groups (broad SMARTS) is 1. The molecule has 31 heavy (non-hydrogen) atoms. The van der Waals surface area contributed by atoms with E-state index in [9.17, 15) is 4.79 Å². The monoisotopic (exact) mass is 477 g/mol. The molecule has 0 aliphatic rings. The van der Waals surface area contributed by atoms with E-state index in [1.165, 1.54) is 0 Å². The Hall–Kier alpha value is -1.95. The molecule has 0 bridgehead atoms. The van der Waals surface area contributed by atoms with Gasteiger partial charge in [0.2, 0.25) is 0 Å². The largest absolute Gasteiger partial charge is 0.481 e. The van der Waals surface area contributed by atoms with Crippen molar-refractivity contribution in [3.63, 3.8) is 0 Å². The smallest absolute Gasteiger partial charge is 0.303 e. The van der Waals surface area contributed by atoms with Crippen molar-refractivity contribution < 1.29 is 14.3 Å². The van der Waals surface area contributed by atoms with Gasteiger partial charge in [-0.2, -0.15) is 0 Å². The number of hydrogen-bond donors (Lipinski definition) is 1. The van der Waals surface area contributed by atoms with Gasteiger partial charge < -0.3 is 9.52 Å². The summed E-state index contributed by atoms with van der Waals surface area (Å²) in [6.45, 7) is 0. The average Bonchev–Trinajstić information content (AvgIpc) is 3.17. The number of aliphatic carboxylic acids is 1. The van der Waals surface area contributed by atoms with Crippen molar-refractivity contribution in [3.05, 3.63) is 58.6 Å². The number of halogens is 2. The summed E-state index contributed by atoms with van der Waals surface area (Å²) in [5, 5.41) is 10.7. The fourth-order valence-corrected chi connectivity index (χ4v) is 4.28. The maximum atomic E-state index is 10.5. The third-order valence-corrected chi connectivity index (χ3v) is 6.26. The average molecular weight is 478 g/mol.